The standard InChI is InChI=1S/C20H18N2OS/c23-13-22-18(16-10-9-14-5-1-2-6-15(14)11-16)12-21-17-7-3-4-8-19(17)24-20(21)22/h1-2,5-6,9-13,20H,3-4,7-8H2. The summed E-state index contributed by atoms with van der Waals surface area (Å²) in [7, 11) is 0. The van der Waals surface area contributed by atoms with Gasteiger partial charge in [-0.1, -0.05) is 48.2 Å². The largest absolute Gasteiger partial charge is 0.319 e. The highest BCUT2D eigenvalue weighted by atomic mass is 32.2. The van der Waals surface area contributed by atoms with Gasteiger partial charge in [0.1, 0.15) is 0 Å². The molecule has 4 heteroatoms. The van der Waals surface area contributed by atoms with Gasteiger partial charge in [-0.3, -0.25) is 9.69 Å². The first-order chi connectivity index (χ1) is 11.8. The van der Waals surface area contributed by atoms with Crippen LogP contribution in [0.25, 0.3) is 16.5 Å². The number of carbonyl (C=O) groups excluding carboxylic acids is 1. The molecule has 24 heavy (non-hydrogen) atoms. The van der Waals surface area contributed by atoms with E-state index in [0.29, 0.717) is 0 Å². The number of carbonyl (C=O) groups is 1. The van der Waals surface area contributed by atoms with Gasteiger partial charge in [0.05, 0.1) is 5.70 Å². The van der Waals surface area contributed by atoms with Crippen LogP contribution in [0.1, 0.15) is 31.2 Å². The van der Waals surface area contributed by atoms with E-state index in [9.17, 15) is 4.79 Å². The molecule has 0 radical (unpaired) electrons. The van der Waals surface area contributed by atoms with Gasteiger partial charge in [0, 0.05) is 22.4 Å². The minimum Gasteiger partial charge on any atom is -0.319 e. The zero-order chi connectivity index (χ0) is 16.1. The zero-order valence-corrected chi connectivity index (χ0v) is 14.1. The van der Waals surface area contributed by atoms with Crippen LogP contribution in [-0.4, -0.2) is 21.7 Å². The molecule has 2 heterocycles. The summed E-state index contributed by atoms with van der Waals surface area (Å²) in [5, 5.41) is 2.43. The molecule has 0 saturated carbocycles. The van der Waals surface area contributed by atoms with E-state index in [1.807, 2.05) is 16.7 Å². The normalized spacial score (nSPS) is 22.7. The summed E-state index contributed by atoms with van der Waals surface area (Å²) in [5.41, 5.74) is 3.62. The molecule has 3 aliphatic rings. The number of fused-ring (bicyclic) bond motifs is 3. The number of amides is 1. The number of thioether (sulfide) groups is 1. The van der Waals surface area contributed by atoms with E-state index in [1.54, 1.807) is 0 Å². The Morgan fingerprint density at radius 2 is 1.88 bits per heavy atom. The van der Waals surface area contributed by atoms with Crippen LogP contribution < -0.4 is 0 Å². The Hall–Kier alpha value is -2.20. The van der Waals surface area contributed by atoms with Crippen molar-refractivity contribution in [3.05, 3.63) is 64.8 Å². The predicted molar refractivity (Wildman–Crippen MR) is 98.5 cm³/mol. The van der Waals surface area contributed by atoms with Crippen LogP contribution in [0.2, 0.25) is 0 Å². The average Bonchev–Trinajstić information content (AvgIpc) is 3.17. The topological polar surface area (TPSA) is 23.6 Å². The third kappa shape index (κ3) is 2.02. The Morgan fingerprint density at radius 3 is 2.75 bits per heavy atom. The van der Waals surface area contributed by atoms with Crippen molar-refractivity contribution < 1.29 is 4.79 Å². The van der Waals surface area contributed by atoms with Crippen molar-refractivity contribution in [2.75, 3.05) is 0 Å². The van der Waals surface area contributed by atoms with Gasteiger partial charge >= 0.3 is 0 Å². The van der Waals surface area contributed by atoms with Crippen molar-refractivity contribution in [1.82, 2.24) is 9.80 Å². The molecule has 120 valence electrons. The van der Waals surface area contributed by atoms with Gasteiger partial charge in [-0.05, 0) is 42.5 Å². The van der Waals surface area contributed by atoms with Crippen LogP contribution in [0.3, 0.4) is 0 Å². The first-order valence-electron chi connectivity index (χ1n) is 8.47. The molecule has 5 rings (SSSR count). The zero-order valence-electron chi connectivity index (χ0n) is 13.3. The summed E-state index contributed by atoms with van der Waals surface area (Å²) in [5.74, 6) is 0. The lowest BCUT2D eigenvalue weighted by Gasteiger charge is -2.24. The Kier molecular flexibility index (Phi) is 3.20. The highest BCUT2D eigenvalue weighted by molar-refractivity contribution is 8.03. The maximum absolute atomic E-state index is 11.8. The molecule has 0 aromatic heterocycles. The smallest absolute Gasteiger partial charge is 0.216 e. The van der Waals surface area contributed by atoms with E-state index in [-0.39, 0.29) is 5.50 Å². The predicted octanol–water partition coefficient (Wildman–Crippen LogP) is 4.73. The molecule has 1 aliphatic carbocycles. The summed E-state index contributed by atoms with van der Waals surface area (Å²) in [6.07, 6.45) is 7.98. The number of rotatable bonds is 2. The van der Waals surface area contributed by atoms with Crippen LogP contribution in [0, 0.1) is 0 Å². The van der Waals surface area contributed by atoms with Gasteiger partial charge in [-0.25, -0.2) is 0 Å². The van der Waals surface area contributed by atoms with Crippen molar-refractivity contribution in [2.45, 2.75) is 31.2 Å². The molecule has 0 N–H and O–H groups in total. The van der Waals surface area contributed by atoms with Crippen molar-refractivity contribution in [3.8, 4) is 0 Å². The fraction of sp³-hybridized carbons (Fsp3) is 0.250. The van der Waals surface area contributed by atoms with Gasteiger partial charge in [0.2, 0.25) is 6.41 Å². The Labute approximate surface area is 145 Å². The van der Waals surface area contributed by atoms with Crippen molar-refractivity contribution in [2.24, 2.45) is 0 Å². The van der Waals surface area contributed by atoms with Crippen molar-refractivity contribution in [1.29, 1.82) is 0 Å². The fourth-order valence-corrected chi connectivity index (χ4v) is 5.35. The average molecular weight is 334 g/mol. The second-order valence-electron chi connectivity index (χ2n) is 6.52. The summed E-state index contributed by atoms with van der Waals surface area (Å²) in [6, 6.07) is 14.8. The fourth-order valence-electron chi connectivity index (χ4n) is 3.91. The molecule has 1 atom stereocenters. The molecule has 0 bridgehead atoms. The van der Waals surface area contributed by atoms with Gasteiger partial charge in [0.25, 0.3) is 0 Å². The SMILES string of the molecule is O=CN1C(c2ccc3ccccc3c2)=CN2C3=C(CCCC3)SC12. The van der Waals surface area contributed by atoms with Gasteiger partial charge < -0.3 is 4.90 Å². The third-order valence-electron chi connectivity index (χ3n) is 5.12. The van der Waals surface area contributed by atoms with Gasteiger partial charge in [-0.15, -0.1) is 0 Å². The molecule has 1 unspecified atom stereocenters. The Bertz CT molecular complexity index is 901. The summed E-state index contributed by atoms with van der Waals surface area (Å²) >= 11 is 1.85. The minimum absolute atomic E-state index is 0.0760. The maximum atomic E-state index is 11.8. The molecule has 0 spiro atoms. The molecule has 2 aliphatic heterocycles. The summed E-state index contributed by atoms with van der Waals surface area (Å²) in [4.78, 5) is 17.5. The molecule has 2 aromatic rings. The van der Waals surface area contributed by atoms with E-state index in [0.717, 1.165) is 24.1 Å². The van der Waals surface area contributed by atoms with Crippen LogP contribution in [0.4, 0.5) is 0 Å². The van der Waals surface area contributed by atoms with E-state index < -0.39 is 0 Å². The molecular formula is C20H18N2OS. The summed E-state index contributed by atoms with van der Waals surface area (Å²) in [6.45, 7) is 0. The number of hydrogen-bond donors (Lipinski definition) is 0. The first-order valence-corrected chi connectivity index (χ1v) is 9.35. The molecule has 1 amide bonds. The van der Waals surface area contributed by atoms with Crippen LogP contribution in [0.15, 0.2) is 59.3 Å². The second-order valence-corrected chi connectivity index (χ2v) is 7.67. The van der Waals surface area contributed by atoms with E-state index in [2.05, 4.69) is 53.6 Å². The highest BCUT2D eigenvalue weighted by Gasteiger charge is 2.41. The van der Waals surface area contributed by atoms with Gasteiger partial charge in [0.15, 0.2) is 5.50 Å². The lowest BCUT2D eigenvalue weighted by atomic mass is 10.0. The molecule has 2 aromatic carbocycles. The Morgan fingerprint density at radius 1 is 1.04 bits per heavy atom. The number of hydrogen-bond acceptors (Lipinski definition) is 3. The number of nitrogens with zero attached hydrogens (tertiary/aromatic N) is 2. The monoisotopic (exact) mass is 334 g/mol. The maximum Gasteiger partial charge on any atom is 0.216 e. The van der Waals surface area contributed by atoms with Crippen LogP contribution in [-0.2, 0) is 4.79 Å². The quantitative estimate of drug-likeness (QED) is 0.742. The van der Waals surface area contributed by atoms with E-state index >= 15 is 0 Å². The van der Waals surface area contributed by atoms with E-state index in [1.165, 1.54) is 40.6 Å². The van der Waals surface area contributed by atoms with Crippen molar-refractivity contribution >= 4 is 34.6 Å². The second kappa shape index (κ2) is 5.42. The number of benzene rings is 2. The van der Waals surface area contributed by atoms with Gasteiger partial charge in [-0.2, -0.15) is 0 Å². The highest BCUT2D eigenvalue weighted by Crippen LogP contribution is 2.51. The van der Waals surface area contributed by atoms with E-state index in [4.69, 9.17) is 0 Å². The molecular weight excluding hydrogens is 316 g/mol. The summed E-state index contributed by atoms with van der Waals surface area (Å²) < 4.78 is 0. The lowest BCUT2D eigenvalue weighted by Crippen LogP contribution is -2.32. The third-order valence-corrected chi connectivity index (χ3v) is 6.51. The van der Waals surface area contributed by atoms with Crippen LogP contribution >= 0.6 is 11.8 Å². The first kappa shape index (κ1) is 14.2. The van der Waals surface area contributed by atoms with Crippen molar-refractivity contribution in [3.63, 3.8) is 0 Å². The molecule has 0 saturated heterocycles. The lowest BCUT2D eigenvalue weighted by molar-refractivity contribution is -0.116. The molecule has 0 fully saturated rings. The van der Waals surface area contributed by atoms with Crippen LogP contribution in [0.5, 0.6) is 0 Å². The Balaban J connectivity index is 1.59. The minimum atomic E-state index is 0.0760. The molecule has 3 nitrogen and oxygen atoms in total. The number of allylic oxidation sites excluding steroid dienone is 2.